The third-order valence-corrected chi connectivity index (χ3v) is 6.57. The number of hydrogen-bond acceptors (Lipinski definition) is 3. The molecule has 124 valence electrons. The number of sulfonamides is 1. The molecule has 2 aromatic rings. The van der Waals surface area contributed by atoms with E-state index in [9.17, 15) is 8.42 Å². The van der Waals surface area contributed by atoms with Crippen molar-refractivity contribution < 1.29 is 8.42 Å². The van der Waals surface area contributed by atoms with Crippen molar-refractivity contribution in [3.63, 3.8) is 0 Å². The second-order valence-electron chi connectivity index (χ2n) is 5.42. The molecule has 0 saturated heterocycles. The summed E-state index contributed by atoms with van der Waals surface area (Å²) >= 11 is 3.36. The number of fused-ring (bicyclic) bond motifs is 1. The number of aryl methyl sites for hydroxylation is 1. The molecule has 23 heavy (non-hydrogen) atoms. The summed E-state index contributed by atoms with van der Waals surface area (Å²) in [6.07, 6.45) is 0. The van der Waals surface area contributed by atoms with Crippen molar-refractivity contribution in [1.29, 1.82) is 0 Å². The van der Waals surface area contributed by atoms with E-state index >= 15 is 0 Å². The minimum Gasteiger partial charge on any atom is -0.309 e. The van der Waals surface area contributed by atoms with Gasteiger partial charge in [0.05, 0.1) is 4.90 Å². The highest BCUT2D eigenvalue weighted by Gasteiger charge is 2.18. The van der Waals surface area contributed by atoms with Crippen molar-refractivity contribution in [3.8, 4) is 0 Å². The first-order valence-corrected chi connectivity index (χ1v) is 9.31. The van der Waals surface area contributed by atoms with Gasteiger partial charge in [-0.25, -0.2) is 13.1 Å². The molecule has 1 heterocycles. The van der Waals surface area contributed by atoms with Crippen molar-refractivity contribution in [3.05, 3.63) is 63.1 Å². The number of halogens is 2. The second-order valence-corrected chi connectivity index (χ2v) is 7.95. The van der Waals surface area contributed by atoms with Gasteiger partial charge in [-0.05, 0) is 51.2 Å². The van der Waals surface area contributed by atoms with Crippen LogP contribution in [0.25, 0.3) is 0 Å². The molecular formula is C16H18BrClN2O2S. The molecule has 0 amide bonds. The third kappa shape index (κ3) is 3.95. The van der Waals surface area contributed by atoms with Crippen molar-refractivity contribution in [2.24, 2.45) is 0 Å². The summed E-state index contributed by atoms with van der Waals surface area (Å²) in [5.74, 6) is 0. The number of hydrogen-bond donors (Lipinski definition) is 2. The monoisotopic (exact) mass is 416 g/mol. The Kier molecular flexibility index (Phi) is 5.86. The van der Waals surface area contributed by atoms with Gasteiger partial charge in [0.2, 0.25) is 10.0 Å². The Labute approximate surface area is 151 Å². The standard InChI is InChI=1S/C16H17BrN2O2S.ClH/c1-11-3-2-4-15(16(11)17)22(20,21)19-8-12-5-6-13-9-18-10-14(13)7-12;/h2-7,18-19H,8-10H2,1H3;1H. The zero-order valence-corrected chi connectivity index (χ0v) is 15.8. The molecule has 3 rings (SSSR count). The largest absolute Gasteiger partial charge is 0.309 e. The molecule has 1 aliphatic rings. The Morgan fingerprint density at radius 1 is 1.17 bits per heavy atom. The van der Waals surface area contributed by atoms with Gasteiger partial charge < -0.3 is 5.32 Å². The number of benzene rings is 2. The van der Waals surface area contributed by atoms with E-state index in [1.165, 1.54) is 11.1 Å². The maximum Gasteiger partial charge on any atom is 0.242 e. The summed E-state index contributed by atoms with van der Waals surface area (Å²) in [5.41, 5.74) is 4.39. The summed E-state index contributed by atoms with van der Waals surface area (Å²) in [6.45, 7) is 3.89. The zero-order chi connectivity index (χ0) is 15.7. The van der Waals surface area contributed by atoms with E-state index in [1.807, 2.05) is 19.1 Å². The van der Waals surface area contributed by atoms with Crippen LogP contribution in [0, 0.1) is 6.92 Å². The average Bonchev–Trinajstić information content (AvgIpc) is 2.95. The summed E-state index contributed by atoms with van der Waals surface area (Å²) in [7, 11) is -3.54. The van der Waals surface area contributed by atoms with Gasteiger partial charge >= 0.3 is 0 Å². The van der Waals surface area contributed by atoms with Crippen LogP contribution >= 0.6 is 28.3 Å². The second kappa shape index (κ2) is 7.32. The first kappa shape index (κ1) is 18.4. The SMILES string of the molecule is Cc1cccc(S(=O)(=O)NCc2ccc3c(c2)CNC3)c1Br.Cl. The van der Waals surface area contributed by atoms with Gasteiger partial charge in [0.15, 0.2) is 0 Å². The van der Waals surface area contributed by atoms with Crippen LogP contribution in [0.5, 0.6) is 0 Å². The quantitative estimate of drug-likeness (QED) is 0.803. The van der Waals surface area contributed by atoms with E-state index in [2.05, 4.69) is 38.1 Å². The fourth-order valence-corrected chi connectivity index (χ4v) is 4.61. The average molecular weight is 418 g/mol. The fraction of sp³-hybridized carbons (Fsp3) is 0.250. The van der Waals surface area contributed by atoms with Crippen LogP contribution in [0.4, 0.5) is 0 Å². The lowest BCUT2D eigenvalue weighted by atomic mass is 10.1. The highest BCUT2D eigenvalue weighted by molar-refractivity contribution is 9.10. The molecular weight excluding hydrogens is 400 g/mol. The van der Waals surface area contributed by atoms with E-state index < -0.39 is 10.0 Å². The molecule has 7 heteroatoms. The minimum atomic E-state index is -3.54. The highest BCUT2D eigenvalue weighted by Crippen LogP contribution is 2.25. The minimum absolute atomic E-state index is 0. The lowest BCUT2D eigenvalue weighted by Gasteiger charge is -2.10. The molecule has 2 N–H and O–H groups in total. The van der Waals surface area contributed by atoms with E-state index in [0.29, 0.717) is 4.47 Å². The molecule has 0 radical (unpaired) electrons. The lowest BCUT2D eigenvalue weighted by molar-refractivity contribution is 0.580. The van der Waals surface area contributed by atoms with E-state index in [0.717, 1.165) is 24.2 Å². The molecule has 0 fully saturated rings. The first-order valence-electron chi connectivity index (χ1n) is 7.03. The zero-order valence-electron chi connectivity index (χ0n) is 12.6. The predicted molar refractivity (Wildman–Crippen MR) is 97.1 cm³/mol. The van der Waals surface area contributed by atoms with Crippen LogP contribution < -0.4 is 10.0 Å². The van der Waals surface area contributed by atoms with Gasteiger partial charge in [-0.3, -0.25) is 0 Å². The van der Waals surface area contributed by atoms with E-state index in [1.54, 1.807) is 12.1 Å². The normalized spacial score (nSPS) is 13.5. The molecule has 0 spiro atoms. The Morgan fingerprint density at radius 3 is 2.70 bits per heavy atom. The molecule has 1 aliphatic heterocycles. The summed E-state index contributed by atoms with van der Waals surface area (Å²) in [6, 6.07) is 11.3. The molecule has 0 bridgehead atoms. The lowest BCUT2D eigenvalue weighted by Crippen LogP contribution is -2.23. The smallest absolute Gasteiger partial charge is 0.242 e. The van der Waals surface area contributed by atoms with Crippen molar-refractivity contribution in [2.75, 3.05) is 0 Å². The Bertz CT molecular complexity index is 825. The van der Waals surface area contributed by atoms with Gasteiger partial charge in [0.25, 0.3) is 0 Å². The molecule has 0 aromatic heterocycles. The Morgan fingerprint density at radius 2 is 1.91 bits per heavy atom. The van der Waals surface area contributed by atoms with Crippen LogP contribution in [0.2, 0.25) is 0 Å². The first-order chi connectivity index (χ1) is 10.5. The number of rotatable bonds is 4. The van der Waals surface area contributed by atoms with Crippen LogP contribution in [-0.4, -0.2) is 8.42 Å². The Balaban J connectivity index is 0.00000192. The number of nitrogens with one attached hydrogen (secondary N) is 2. The third-order valence-electron chi connectivity index (χ3n) is 3.81. The van der Waals surface area contributed by atoms with E-state index in [4.69, 9.17) is 0 Å². The van der Waals surface area contributed by atoms with Crippen LogP contribution in [0.15, 0.2) is 45.8 Å². The maximum atomic E-state index is 12.5. The van der Waals surface area contributed by atoms with Crippen molar-refractivity contribution in [2.45, 2.75) is 31.5 Å². The molecule has 0 aliphatic carbocycles. The van der Waals surface area contributed by atoms with Crippen LogP contribution in [-0.2, 0) is 29.7 Å². The van der Waals surface area contributed by atoms with Gasteiger partial charge in [-0.2, -0.15) is 0 Å². The van der Waals surface area contributed by atoms with Crippen molar-refractivity contribution >= 4 is 38.4 Å². The van der Waals surface area contributed by atoms with Crippen molar-refractivity contribution in [1.82, 2.24) is 10.0 Å². The molecule has 2 aromatic carbocycles. The van der Waals surface area contributed by atoms with Gasteiger partial charge in [0, 0.05) is 24.1 Å². The highest BCUT2D eigenvalue weighted by atomic mass is 79.9. The molecule has 0 saturated carbocycles. The maximum absolute atomic E-state index is 12.5. The fourth-order valence-electron chi connectivity index (χ4n) is 2.54. The van der Waals surface area contributed by atoms with Gasteiger partial charge in [0.1, 0.15) is 0 Å². The van der Waals surface area contributed by atoms with E-state index in [-0.39, 0.29) is 23.8 Å². The van der Waals surface area contributed by atoms with Gasteiger partial charge in [-0.1, -0.05) is 30.3 Å². The summed E-state index contributed by atoms with van der Waals surface area (Å²) < 4.78 is 28.2. The Hall–Kier alpha value is -0.920. The van der Waals surface area contributed by atoms with Crippen LogP contribution in [0.1, 0.15) is 22.3 Å². The predicted octanol–water partition coefficient (Wildman–Crippen LogP) is 3.26. The van der Waals surface area contributed by atoms with Gasteiger partial charge in [-0.15, -0.1) is 12.4 Å². The summed E-state index contributed by atoms with van der Waals surface area (Å²) in [4.78, 5) is 0.273. The molecule has 0 unspecified atom stereocenters. The summed E-state index contributed by atoms with van der Waals surface area (Å²) in [5, 5.41) is 3.28. The van der Waals surface area contributed by atoms with Crippen LogP contribution in [0.3, 0.4) is 0 Å². The molecule has 4 nitrogen and oxygen atoms in total. The molecule has 0 atom stereocenters. The topological polar surface area (TPSA) is 58.2 Å².